The summed E-state index contributed by atoms with van der Waals surface area (Å²) in [4.78, 5) is 4.26. The molecule has 0 radical (unpaired) electrons. The number of nitrogens with zero attached hydrogens (tertiary/aromatic N) is 1. The smallest absolute Gasteiger partial charge is 0.0941 e. The number of benzene rings is 1. The number of para-hydroxylation sites is 1. The summed E-state index contributed by atoms with van der Waals surface area (Å²) in [6.45, 7) is 0. The molecule has 60 valence electrons. The van der Waals surface area contributed by atoms with Gasteiger partial charge in [0.15, 0.2) is 0 Å². The summed E-state index contributed by atoms with van der Waals surface area (Å²) in [5.74, 6) is 0. The minimum Gasteiger partial charge on any atom is -0.320 e. The van der Waals surface area contributed by atoms with E-state index in [9.17, 15) is 0 Å². The van der Waals surface area contributed by atoms with Crippen molar-refractivity contribution >= 4 is 32.7 Å². The number of halogens is 1. The second-order valence-corrected chi connectivity index (χ2v) is 2.87. The molecule has 0 unspecified atom stereocenters. The topological polar surface area (TPSA) is 24.9 Å². The average Bonchev–Trinajstić information content (AvgIpc) is 2.17. The summed E-state index contributed by atoms with van der Waals surface area (Å²) < 4.78 is 2.92. The molecule has 0 spiro atoms. The number of anilines is 1. The van der Waals surface area contributed by atoms with Crippen LogP contribution in [0.15, 0.2) is 36.5 Å². The van der Waals surface area contributed by atoms with Crippen molar-refractivity contribution in [1.82, 2.24) is 4.98 Å². The molecule has 2 aromatic rings. The fourth-order valence-electron chi connectivity index (χ4n) is 1.18. The molecular formula is C9H7BrN2. The first kappa shape index (κ1) is 7.55. The minimum absolute atomic E-state index is 0.983. The maximum Gasteiger partial charge on any atom is 0.0941 e. The van der Waals surface area contributed by atoms with Crippen LogP contribution in [0.5, 0.6) is 0 Å². The molecule has 0 aliphatic heterocycles. The molecule has 2 rings (SSSR count). The number of fused-ring (bicyclic) bond motifs is 1. The van der Waals surface area contributed by atoms with Crippen molar-refractivity contribution in [3.63, 3.8) is 0 Å². The summed E-state index contributed by atoms with van der Waals surface area (Å²) in [5.41, 5.74) is 1.98. The second kappa shape index (κ2) is 3.11. The second-order valence-electron chi connectivity index (χ2n) is 2.48. The molecule has 2 nitrogen and oxygen atoms in total. The lowest BCUT2D eigenvalue weighted by atomic mass is 10.2. The molecule has 0 saturated carbocycles. The fourth-order valence-corrected chi connectivity index (χ4v) is 1.50. The molecule has 12 heavy (non-hydrogen) atoms. The molecule has 0 aliphatic rings. The van der Waals surface area contributed by atoms with Gasteiger partial charge in [-0.1, -0.05) is 18.2 Å². The Balaban J connectivity index is 2.79. The van der Waals surface area contributed by atoms with Gasteiger partial charge in [0.1, 0.15) is 0 Å². The van der Waals surface area contributed by atoms with Crippen LogP contribution in [0, 0.1) is 0 Å². The van der Waals surface area contributed by atoms with Gasteiger partial charge in [0.05, 0.1) is 11.2 Å². The number of aromatic nitrogens is 1. The van der Waals surface area contributed by atoms with Crippen LogP contribution in [-0.2, 0) is 0 Å². The molecule has 0 fully saturated rings. The molecule has 3 heteroatoms. The maximum absolute atomic E-state index is 4.26. The Labute approximate surface area is 79.0 Å². The van der Waals surface area contributed by atoms with E-state index in [-0.39, 0.29) is 0 Å². The summed E-state index contributed by atoms with van der Waals surface area (Å²) in [7, 11) is 0. The zero-order valence-corrected chi connectivity index (χ0v) is 7.88. The zero-order chi connectivity index (χ0) is 8.39. The summed E-state index contributed by atoms with van der Waals surface area (Å²) in [6, 6.07) is 9.98. The normalized spacial score (nSPS) is 10.1. The predicted molar refractivity (Wildman–Crippen MR) is 54.3 cm³/mol. The molecule has 0 bridgehead atoms. The summed E-state index contributed by atoms with van der Waals surface area (Å²) >= 11 is 3.19. The highest BCUT2D eigenvalue weighted by Gasteiger charge is 1.97. The van der Waals surface area contributed by atoms with Crippen molar-refractivity contribution in [3.05, 3.63) is 36.5 Å². The van der Waals surface area contributed by atoms with Gasteiger partial charge in [0, 0.05) is 27.7 Å². The Morgan fingerprint density at radius 1 is 1.17 bits per heavy atom. The van der Waals surface area contributed by atoms with E-state index in [2.05, 4.69) is 25.5 Å². The molecule has 0 aliphatic carbocycles. The van der Waals surface area contributed by atoms with Gasteiger partial charge in [-0.2, -0.15) is 0 Å². The van der Waals surface area contributed by atoms with Gasteiger partial charge in [-0.25, -0.2) is 0 Å². The molecule has 0 amide bonds. The van der Waals surface area contributed by atoms with Gasteiger partial charge < -0.3 is 4.34 Å². The lowest BCUT2D eigenvalue weighted by Crippen LogP contribution is -1.84. The van der Waals surface area contributed by atoms with E-state index >= 15 is 0 Å². The Kier molecular flexibility index (Phi) is 1.96. The van der Waals surface area contributed by atoms with Crippen molar-refractivity contribution in [2.24, 2.45) is 0 Å². The largest absolute Gasteiger partial charge is 0.320 e. The third-order valence-corrected chi connectivity index (χ3v) is 2.16. The monoisotopic (exact) mass is 222 g/mol. The molecule has 0 atom stereocenters. The number of nitrogens with one attached hydrogen (secondary N) is 1. The van der Waals surface area contributed by atoms with Crippen LogP contribution in [0.3, 0.4) is 0 Å². The Bertz CT molecular complexity index is 395. The van der Waals surface area contributed by atoms with E-state index in [0.29, 0.717) is 0 Å². The molecule has 1 aromatic carbocycles. The van der Waals surface area contributed by atoms with E-state index in [1.165, 1.54) is 0 Å². The fraction of sp³-hybridized carbons (Fsp3) is 0. The van der Waals surface area contributed by atoms with E-state index in [0.717, 1.165) is 16.6 Å². The van der Waals surface area contributed by atoms with Crippen molar-refractivity contribution < 1.29 is 0 Å². The minimum atomic E-state index is 0.983. The number of rotatable bonds is 1. The van der Waals surface area contributed by atoms with Crippen LogP contribution < -0.4 is 4.34 Å². The van der Waals surface area contributed by atoms with Gasteiger partial charge in [-0.3, -0.25) is 4.98 Å². The van der Waals surface area contributed by atoms with Crippen LogP contribution >= 0.6 is 16.1 Å². The summed E-state index contributed by atoms with van der Waals surface area (Å²) in [6.07, 6.45) is 1.79. The molecular weight excluding hydrogens is 216 g/mol. The molecule has 1 aromatic heterocycles. The quantitative estimate of drug-likeness (QED) is 0.751. The van der Waals surface area contributed by atoms with Crippen LogP contribution in [-0.4, -0.2) is 4.98 Å². The van der Waals surface area contributed by atoms with Crippen LogP contribution in [0.25, 0.3) is 10.9 Å². The lowest BCUT2D eigenvalue weighted by molar-refractivity contribution is 1.41. The van der Waals surface area contributed by atoms with Gasteiger partial charge in [-0.15, -0.1) is 0 Å². The van der Waals surface area contributed by atoms with Gasteiger partial charge >= 0.3 is 0 Å². The first-order valence-corrected chi connectivity index (χ1v) is 4.41. The standard InChI is InChI=1S/C9H7BrN2/c10-12-8-5-1-3-7-4-2-6-11-9(7)8/h1-6,12H. The number of hydrogen-bond donors (Lipinski definition) is 1. The molecule has 1 heterocycles. The first-order valence-electron chi connectivity index (χ1n) is 3.62. The third-order valence-electron chi connectivity index (χ3n) is 1.73. The van der Waals surface area contributed by atoms with Gasteiger partial charge in [0.25, 0.3) is 0 Å². The van der Waals surface area contributed by atoms with Crippen molar-refractivity contribution in [1.29, 1.82) is 0 Å². The third kappa shape index (κ3) is 1.16. The van der Waals surface area contributed by atoms with Crippen LogP contribution in [0.2, 0.25) is 0 Å². The van der Waals surface area contributed by atoms with E-state index in [4.69, 9.17) is 0 Å². The van der Waals surface area contributed by atoms with E-state index in [1.807, 2.05) is 30.3 Å². The summed E-state index contributed by atoms with van der Waals surface area (Å²) in [5, 5.41) is 1.14. The predicted octanol–water partition coefficient (Wildman–Crippen LogP) is 2.96. The highest BCUT2D eigenvalue weighted by molar-refractivity contribution is 9.10. The average molecular weight is 223 g/mol. The van der Waals surface area contributed by atoms with Crippen LogP contribution in [0.4, 0.5) is 5.69 Å². The molecule has 1 N–H and O–H groups in total. The zero-order valence-electron chi connectivity index (χ0n) is 6.29. The molecule has 0 saturated heterocycles. The first-order chi connectivity index (χ1) is 5.92. The number of hydrogen-bond acceptors (Lipinski definition) is 2. The lowest BCUT2D eigenvalue weighted by Gasteiger charge is -2.01. The highest BCUT2D eigenvalue weighted by atomic mass is 79.9. The Morgan fingerprint density at radius 3 is 2.83 bits per heavy atom. The van der Waals surface area contributed by atoms with Crippen molar-refractivity contribution in [3.8, 4) is 0 Å². The van der Waals surface area contributed by atoms with Gasteiger partial charge in [-0.05, 0) is 12.1 Å². The van der Waals surface area contributed by atoms with E-state index < -0.39 is 0 Å². The Hall–Kier alpha value is -1.09. The number of pyridine rings is 1. The SMILES string of the molecule is BrNc1cccc2cccnc12. The van der Waals surface area contributed by atoms with Crippen molar-refractivity contribution in [2.75, 3.05) is 4.34 Å². The highest BCUT2D eigenvalue weighted by Crippen LogP contribution is 2.21. The van der Waals surface area contributed by atoms with Crippen molar-refractivity contribution in [2.45, 2.75) is 0 Å². The Morgan fingerprint density at radius 2 is 2.00 bits per heavy atom. The van der Waals surface area contributed by atoms with Crippen LogP contribution in [0.1, 0.15) is 0 Å². The van der Waals surface area contributed by atoms with E-state index in [1.54, 1.807) is 6.20 Å². The van der Waals surface area contributed by atoms with Gasteiger partial charge in [0.2, 0.25) is 0 Å². The maximum atomic E-state index is 4.26.